The number of carbonyl (C=O) groups is 1. The highest BCUT2D eigenvalue weighted by molar-refractivity contribution is 7.89. The highest BCUT2D eigenvalue weighted by Gasteiger charge is 2.22. The average Bonchev–Trinajstić information content (AvgIpc) is 2.61. The summed E-state index contributed by atoms with van der Waals surface area (Å²) in [6, 6.07) is 14.1. The zero-order chi connectivity index (χ0) is 18.6. The maximum atomic E-state index is 12.4. The fourth-order valence-electron chi connectivity index (χ4n) is 2.05. The number of hydrogen-bond acceptors (Lipinski definition) is 4. The van der Waals surface area contributed by atoms with Crippen LogP contribution in [0.25, 0.3) is 0 Å². The number of hydrogen-bond donors (Lipinski definition) is 1. The first kappa shape index (κ1) is 18.6. The van der Waals surface area contributed by atoms with E-state index >= 15 is 0 Å². The topological polar surface area (TPSA) is 90.3 Å². The Balaban J connectivity index is 2.15. The highest BCUT2D eigenvalue weighted by atomic mass is 32.2. The number of nitriles is 1. The Bertz CT molecular complexity index is 896. The first-order chi connectivity index (χ1) is 11.8. The third kappa shape index (κ3) is 4.24. The van der Waals surface area contributed by atoms with Gasteiger partial charge >= 0.3 is 0 Å². The van der Waals surface area contributed by atoms with Crippen molar-refractivity contribution in [2.45, 2.75) is 24.8 Å². The average molecular weight is 357 g/mol. The number of sulfonamides is 1. The van der Waals surface area contributed by atoms with E-state index in [1.807, 2.05) is 6.07 Å². The molecule has 1 N–H and O–H groups in total. The van der Waals surface area contributed by atoms with Crippen molar-refractivity contribution in [1.29, 1.82) is 5.26 Å². The van der Waals surface area contributed by atoms with Crippen LogP contribution >= 0.6 is 0 Å². The summed E-state index contributed by atoms with van der Waals surface area (Å²) in [4.78, 5) is 12.3. The number of nitrogens with zero attached hydrogens (tertiary/aromatic N) is 2. The molecule has 0 fully saturated rings. The predicted molar refractivity (Wildman–Crippen MR) is 95.6 cm³/mol. The van der Waals surface area contributed by atoms with Crippen LogP contribution in [0.3, 0.4) is 0 Å². The van der Waals surface area contributed by atoms with E-state index in [2.05, 4.69) is 5.32 Å². The second kappa shape index (κ2) is 7.47. The molecule has 7 heteroatoms. The van der Waals surface area contributed by atoms with Gasteiger partial charge in [-0.3, -0.25) is 4.79 Å². The molecule has 0 saturated heterocycles. The standard InChI is InChI=1S/C18H19N3O3S/c1-13(2)21(3)25(23,24)17-10-8-16(9-11-17)20-18(22)15-6-4-14(12-19)5-7-15/h4-11,13H,1-3H3,(H,20,22). The van der Waals surface area contributed by atoms with Gasteiger partial charge in [0.15, 0.2) is 0 Å². The highest BCUT2D eigenvalue weighted by Crippen LogP contribution is 2.19. The Hall–Kier alpha value is -2.69. The van der Waals surface area contributed by atoms with Crippen LogP contribution in [-0.2, 0) is 10.0 Å². The van der Waals surface area contributed by atoms with E-state index in [9.17, 15) is 13.2 Å². The zero-order valence-corrected chi connectivity index (χ0v) is 15.0. The quantitative estimate of drug-likeness (QED) is 0.891. The van der Waals surface area contributed by atoms with E-state index in [1.54, 1.807) is 50.2 Å². The molecule has 0 unspecified atom stereocenters. The van der Waals surface area contributed by atoms with Crippen molar-refractivity contribution in [3.05, 3.63) is 59.7 Å². The molecule has 0 bridgehead atoms. The molecule has 1 amide bonds. The van der Waals surface area contributed by atoms with Crippen molar-refractivity contribution in [2.24, 2.45) is 0 Å². The van der Waals surface area contributed by atoms with Crippen molar-refractivity contribution >= 4 is 21.6 Å². The maximum Gasteiger partial charge on any atom is 0.255 e. The molecule has 130 valence electrons. The van der Waals surface area contributed by atoms with Crippen LogP contribution < -0.4 is 5.32 Å². The van der Waals surface area contributed by atoms with Crippen LogP contribution in [-0.4, -0.2) is 31.7 Å². The van der Waals surface area contributed by atoms with E-state index < -0.39 is 10.0 Å². The number of rotatable bonds is 5. The molecular weight excluding hydrogens is 338 g/mol. The second-order valence-corrected chi connectivity index (χ2v) is 7.78. The SMILES string of the molecule is CC(C)N(C)S(=O)(=O)c1ccc(NC(=O)c2ccc(C#N)cc2)cc1. The molecule has 0 atom stereocenters. The summed E-state index contributed by atoms with van der Waals surface area (Å²) in [5, 5.41) is 11.5. The van der Waals surface area contributed by atoms with Gasteiger partial charge in [0.2, 0.25) is 10.0 Å². The Kier molecular flexibility index (Phi) is 5.57. The Labute approximate surface area is 147 Å². The molecule has 2 aromatic carbocycles. The van der Waals surface area contributed by atoms with Gasteiger partial charge in [-0.05, 0) is 62.4 Å². The molecule has 0 radical (unpaired) electrons. The van der Waals surface area contributed by atoms with Crippen molar-refractivity contribution in [2.75, 3.05) is 12.4 Å². The summed E-state index contributed by atoms with van der Waals surface area (Å²) in [6.45, 7) is 3.59. The minimum atomic E-state index is -3.55. The lowest BCUT2D eigenvalue weighted by Crippen LogP contribution is -2.33. The minimum absolute atomic E-state index is 0.152. The Morgan fingerprint density at radius 3 is 2.12 bits per heavy atom. The van der Waals surface area contributed by atoms with Crippen molar-refractivity contribution in [3.8, 4) is 6.07 Å². The molecule has 0 aliphatic rings. The van der Waals surface area contributed by atoms with E-state index in [4.69, 9.17) is 5.26 Å². The van der Waals surface area contributed by atoms with Crippen molar-refractivity contribution < 1.29 is 13.2 Å². The van der Waals surface area contributed by atoms with E-state index in [1.165, 1.54) is 23.5 Å². The van der Waals surface area contributed by atoms with Crippen molar-refractivity contribution in [1.82, 2.24) is 4.31 Å². The van der Waals surface area contributed by atoms with Gasteiger partial charge in [-0.15, -0.1) is 0 Å². The molecule has 0 spiro atoms. The second-order valence-electron chi connectivity index (χ2n) is 5.78. The molecule has 0 aliphatic heterocycles. The Morgan fingerprint density at radius 1 is 1.08 bits per heavy atom. The van der Waals surface area contributed by atoms with Gasteiger partial charge < -0.3 is 5.32 Å². The fourth-order valence-corrected chi connectivity index (χ4v) is 3.42. The van der Waals surface area contributed by atoms with E-state index in [-0.39, 0.29) is 16.8 Å². The molecule has 0 aromatic heterocycles. The summed E-state index contributed by atoms with van der Waals surface area (Å²) in [5.74, 6) is -0.334. The molecule has 2 rings (SSSR count). The van der Waals surface area contributed by atoms with Gasteiger partial charge in [0, 0.05) is 24.3 Å². The first-order valence-corrected chi connectivity index (χ1v) is 9.09. The van der Waals surface area contributed by atoms with Crippen LogP contribution in [0.15, 0.2) is 53.4 Å². The summed E-state index contributed by atoms with van der Waals surface area (Å²) < 4.78 is 26.1. The smallest absolute Gasteiger partial charge is 0.255 e. The molecule has 2 aromatic rings. The molecular formula is C18H19N3O3S. The van der Waals surface area contributed by atoms with Crippen LogP contribution in [0.2, 0.25) is 0 Å². The predicted octanol–water partition coefficient (Wildman–Crippen LogP) is 2.84. The molecule has 0 saturated carbocycles. The zero-order valence-electron chi connectivity index (χ0n) is 14.2. The van der Waals surface area contributed by atoms with Crippen LogP contribution in [0.4, 0.5) is 5.69 Å². The first-order valence-electron chi connectivity index (χ1n) is 7.65. The molecule has 6 nitrogen and oxygen atoms in total. The monoisotopic (exact) mass is 357 g/mol. The van der Waals surface area contributed by atoms with E-state index in [0.29, 0.717) is 16.8 Å². The fraction of sp³-hybridized carbons (Fsp3) is 0.222. The van der Waals surface area contributed by atoms with Gasteiger partial charge in [-0.1, -0.05) is 0 Å². The summed E-state index contributed by atoms with van der Waals surface area (Å²) in [5.41, 5.74) is 1.37. The van der Waals surface area contributed by atoms with Crippen LogP contribution in [0.5, 0.6) is 0 Å². The van der Waals surface area contributed by atoms with Gasteiger partial charge in [0.1, 0.15) is 0 Å². The lowest BCUT2D eigenvalue weighted by atomic mass is 10.1. The van der Waals surface area contributed by atoms with Crippen LogP contribution in [0, 0.1) is 11.3 Å². The van der Waals surface area contributed by atoms with Gasteiger partial charge in [-0.25, -0.2) is 8.42 Å². The lowest BCUT2D eigenvalue weighted by Gasteiger charge is -2.21. The number of carbonyl (C=O) groups excluding carboxylic acids is 1. The number of benzene rings is 2. The summed E-state index contributed by atoms with van der Waals surface area (Å²) in [7, 11) is -2.02. The third-order valence-corrected chi connectivity index (χ3v) is 5.84. The normalized spacial score (nSPS) is 11.4. The lowest BCUT2D eigenvalue weighted by molar-refractivity contribution is 0.102. The van der Waals surface area contributed by atoms with Crippen LogP contribution in [0.1, 0.15) is 29.8 Å². The van der Waals surface area contributed by atoms with Gasteiger partial charge in [0.05, 0.1) is 16.5 Å². The summed E-state index contributed by atoms with van der Waals surface area (Å²) in [6.07, 6.45) is 0. The maximum absolute atomic E-state index is 12.4. The summed E-state index contributed by atoms with van der Waals surface area (Å²) >= 11 is 0. The molecule has 25 heavy (non-hydrogen) atoms. The number of amides is 1. The van der Waals surface area contributed by atoms with Gasteiger partial charge in [0.25, 0.3) is 5.91 Å². The van der Waals surface area contributed by atoms with E-state index in [0.717, 1.165) is 0 Å². The number of nitrogens with one attached hydrogen (secondary N) is 1. The number of anilines is 1. The Morgan fingerprint density at radius 2 is 1.64 bits per heavy atom. The largest absolute Gasteiger partial charge is 0.322 e. The third-order valence-electron chi connectivity index (χ3n) is 3.79. The minimum Gasteiger partial charge on any atom is -0.322 e. The molecule has 0 aliphatic carbocycles. The molecule has 0 heterocycles. The van der Waals surface area contributed by atoms with Gasteiger partial charge in [-0.2, -0.15) is 9.57 Å². The van der Waals surface area contributed by atoms with Crippen molar-refractivity contribution in [3.63, 3.8) is 0 Å².